The molecular formula is C49H34O. The van der Waals surface area contributed by atoms with Crippen LogP contribution >= 0.6 is 0 Å². The van der Waals surface area contributed by atoms with Crippen molar-refractivity contribution in [3.63, 3.8) is 0 Å². The van der Waals surface area contributed by atoms with Gasteiger partial charge < -0.3 is 4.42 Å². The molecule has 8 aromatic rings. The fourth-order valence-corrected chi connectivity index (χ4v) is 7.68. The Morgan fingerprint density at radius 3 is 1.88 bits per heavy atom. The van der Waals surface area contributed by atoms with Gasteiger partial charge in [-0.15, -0.1) is 0 Å². The monoisotopic (exact) mass is 638 g/mol. The molecule has 0 fully saturated rings. The van der Waals surface area contributed by atoms with Crippen molar-refractivity contribution in [1.82, 2.24) is 0 Å². The van der Waals surface area contributed by atoms with Crippen molar-refractivity contribution in [2.75, 3.05) is 0 Å². The van der Waals surface area contributed by atoms with Crippen molar-refractivity contribution in [3.05, 3.63) is 216 Å². The standard InChI is InChI=1S/C49H34O/c1-33-17-3-2-4-21-37(38-22-7-8-25-41(38)45-30-16-31-46-42-26-13-14-32-47(42)50-49(45)46)40-24-10-12-28-44(40)48(33)43-27-11-9-23-39(43)36-29-15-19-34-18-5-6-20-35(34)36/h2-20,22-32H,1,21H2/b4-2-,17-3-,40-37+,48-44?. The average Bonchev–Trinajstić information content (AvgIpc) is 3.56. The first kappa shape index (κ1) is 29.7. The molecule has 1 nitrogen and oxygen atoms in total. The van der Waals surface area contributed by atoms with Gasteiger partial charge in [0.05, 0.1) is 0 Å². The van der Waals surface area contributed by atoms with E-state index in [-0.39, 0.29) is 0 Å². The Bertz CT molecular complexity index is 2800. The van der Waals surface area contributed by atoms with E-state index in [1.54, 1.807) is 0 Å². The van der Waals surface area contributed by atoms with Crippen LogP contribution in [0.4, 0.5) is 0 Å². The summed E-state index contributed by atoms with van der Waals surface area (Å²) in [6, 6.07) is 56.4. The van der Waals surface area contributed by atoms with E-state index in [0.29, 0.717) is 0 Å². The number of benzene rings is 7. The van der Waals surface area contributed by atoms with Crippen LogP contribution in [0.2, 0.25) is 0 Å². The zero-order valence-corrected chi connectivity index (χ0v) is 27.6. The molecule has 0 atom stereocenters. The summed E-state index contributed by atoms with van der Waals surface area (Å²) in [4.78, 5) is 0. The van der Waals surface area contributed by atoms with Crippen molar-refractivity contribution in [1.29, 1.82) is 0 Å². The molecule has 0 saturated carbocycles. The second-order valence-electron chi connectivity index (χ2n) is 12.8. The maximum absolute atomic E-state index is 6.56. The van der Waals surface area contributed by atoms with Crippen LogP contribution in [0.5, 0.6) is 0 Å². The minimum Gasteiger partial charge on any atom is -0.455 e. The SMILES string of the molecule is C=C1/C=C\C=C/C/C(c2ccccc2-c2cccc3c2oc2ccccc23)=c2/ccccc2=C1c1ccccc1-c1cccc2ccccc12. The second kappa shape index (κ2) is 12.5. The van der Waals surface area contributed by atoms with Gasteiger partial charge in [0.1, 0.15) is 11.2 Å². The highest BCUT2D eigenvalue weighted by Crippen LogP contribution is 2.39. The van der Waals surface area contributed by atoms with Gasteiger partial charge in [0, 0.05) is 16.3 Å². The summed E-state index contributed by atoms with van der Waals surface area (Å²) in [5, 5.41) is 7.09. The lowest BCUT2D eigenvalue weighted by Crippen LogP contribution is -2.30. The molecule has 0 bridgehead atoms. The summed E-state index contributed by atoms with van der Waals surface area (Å²) < 4.78 is 6.56. The zero-order valence-electron chi connectivity index (χ0n) is 27.6. The molecule has 1 heteroatoms. The van der Waals surface area contributed by atoms with Crippen molar-refractivity contribution in [3.8, 4) is 22.3 Å². The summed E-state index contributed by atoms with van der Waals surface area (Å²) in [5.74, 6) is 0. The zero-order chi connectivity index (χ0) is 33.4. The van der Waals surface area contributed by atoms with E-state index < -0.39 is 0 Å². The molecule has 0 N–H and O–H groups in total. The number of para-hydroxylation sites is 2. The topological polar surface area (TPSA) is 13.1 Å². The van der Waals surface area contributed by atoms with Crippen LogP contribution in [-0.4, -0.2) is 0 Å². The smallest absolute Gasteiger partial charge is 0.143 e. The summed E-state index contributed by atoms with van der Waals surface area (Å²) in [6.45, 7) is 4.68. The van der Waals surface area contributed by atoms with Crippen molar-refractivity contribution < 1.29 is 4.42 Å². The first-order chi connectivity index (χ1) is 24.8. The van der Waals surface area contributed by atoms with E-state index in [9.17, 15) is 0 Å². The molecule has 0 unspecified atom stereocenters. The minimum absolute atomic E-state index is 0.763. The summed E-state index contributed by atoms with van der Waals surface area (Å²) >= 11 is 0. The summed E-state index contributed by atoms with van der Waals surface area (Å²) in [7, 11) is 0. The van der Waals surface area contributed by atoms with Crippen molar-refractivity contribution in [2.45, 2.75) is 6.42 Å². The van der Waals surface area contributed by atoms with Crippen LogP contribution in [0.3, 0.4) is 0 Å². The normalized spacial score (nSPS) is 15.7. The van der Waals surface area contributed by atoms with Crippen LogP contribution in [0.25, 0.3) is 66.1 Å². The van der Waals surface area contributed by atoms with E-state index in [1.807, 2.05) is 6.07 Å². The number of hydrogen-bond acceptors (Lipinski definition) is 1. The molecule has 1 heterocycles. The minimum atomic E-state index is 0.763. The average molecular weight is 639 g/mol. The molecule has 9 rings (SSSR count). The van der Waals surface area contributed by atoms with E-state index in [2.05, 4.69) is 183 Å². The Balaban J connectivity index is 1.37. The summed E-state index contributed by atoms with van der Waals surface area (Å²) in [5.41, 5.74) is 12.2. The van der Waals surface area contributed by atoms with Gasteiger partial charge in [0.2, 0.25) is 0 Å². The van der Waals surface area contributed by atoms with Crippen LogP contribution in [0.15, 0.2) is 199 Å². The third-order valence-corrected chi connectivity index (χ3v) is 9.93. The summed E-state index contributed by atoms with van der Waals surface area (Å²) in [6.07, 6.45) is 9.43. The Morgan fingerprint density at radius 1 is 0.440 bits per heavy atom. The lowest BCUT2D eigenvalue weighted by Gasteiger charge is -2.18. The number of rotatable bonds is 4. The molecule has 236 valence electrons. The third kappa shape index (κ3) is 5.03. The largest absolute Gasteiger partial charge is 0.455 e. The van der Waals surface area contributed by atoms with Gasteiger partial charge in [0.15, 0.2) is 0 Å². The van der Waals surface area contributed by atoms with Crippen molar-refractivity contribution in [2.24, 2.45) is 0 Å². The quantitative estimate of drug-likeness (QED) is 0.187. The first-order valence-electron chi connectivity index (χ1n) is 17.2. The molecule has 0 aliphatic heterocycles. The van der Waals surface area contributed by atoms with Gasteiger partial charge in [0.25, 0.3) is 0 Å². The number of allylic oxidation sites excluding steroid dienone is 5. The van der Waals surface area contributed by atoms with Gasteiger partial charge in [-0.25, -0.2) is 0 Å². The molecule has 0 spiro atoms. The highest BCUT2D eigenvalue weighted by atomic mass is 16.3. The molecule has 50 heavy (non-hydrogen) atoms. The van der Waals surface area contributed by atoms with E-state index in [0.717, 1.165) is 61.4 Å². The van der Waals surface area contributed by atoms with Gasteiger partial charge in [-0.1, -0.05) is 183 Å². The lowest BCUT2D eigenvalue weighted by molar-refractivity contribution is 0.670. The predicted molar refractivity (Wildman–Crippen MR) is 211 cm³/mol. The van der Waals surface area contributed by atoms with E-state index in [4.69, 9.17) is 4.42 Å². The van der Waals surface area contributed by atoms with Crippen LogP contribution in [-0.2, 0) is 0 Å². The third-order valence-electron chi connectivity index (χ3n) is 9.93. The molecular weight excluding hydrogens is 605 g/mol. The van der Waals surface area contributed by atoms with Gasteiger partial charge in [-0.3, -0.25) is 0 Å². The first-order valence-corrected chi connectivity index (χ1v) is 17.2. The van der Waals surface area contributed by atoms with Crippen LogP contribution in [0, 0.1) is 0 Å². The number of fused-ring (bicyclic) bond motifs is 5. The van der Waals surface area contributed by atoms with Crippen LogP contribution in [0.1, 0.15) is 17.5 Å². The Labute approximate surface area is 291 Å². The highest BCUT2D eigenvalue weighted by Gasteiger charge is 2.19. The van der Waals surface area contributed by atoms with Gasteiger partial charge >= 0.3 is 0 Å². The number of hydrogen-bond donors (Lipinski definition) is 0. The lowest BCUT2D eigenvalue weighted by atomic mass is 9.85. The maximum Gasteiger partial charge on any atom is 0.143 e. The molecule has 0 radical (unpaired) electrons. The Kier molecular flexibility index (Phi) is 7.44. The van der Waals surface area contributed by atoms with E-state index >= 15 is 0 Å². The highest BCUT2D eigenvalue weighted by molar-refractivity contribution is 6.10. The Hall–Kier alpha value is -6.44. The van der Waals surface area contributed by atoms with E-state index in [1.165, 1.54) is 38.3 Å². The van der Waals surface area contributed by atoms with Crippen molar-refractivity contribution >= 4 is 43.9 Å². The molecule has 7 aromatic carbocycles. The number of furan rings is 1. The fourth-order valence-electron chi connectivity index (χ4n) is 7.68. The fraction of sp³-hybridized carbons (Fsp3) is 0.0204. The second-order valence-corrected chi connectivity index (χ2v) is 12.8. The Morgan fingerprint density at radius 2 is 1.02 bits per heavy atom. The molecule has 1 aromatic heterocycles. The molecule has 1 aliphatic carbocycles. The van der Waals surface area contributed by atoms with Crippen LogP contribution < -0.4 is 10.4 Å². The van der Waals surface area contributed by atoms with Gasteiger partial charge in [-0.05, 0) is 78.2 Å². The predicted octanol–water partition coefficient (Wildman–Crippen LogP) is 11.5. The molecule has 0 amide bonds. The maximum atomic E-state index is 6.56. The molecule has 1 aliphatic rings. The van der Waals surface area contributed by atoms with Gasteiger partial charge in [-0.2, -0.15) is 0 Å². The molecule has 0 saturated heterocycles.